The summed E-state index contributed by atoms with van der Waals surface area (Å²) in [6, 6.07) is 6.25. The number of halogens is 1. The highest BCUT2D eigenvalue weighted by molar-refractivity contribution is 7.91. The molecule has 0 aliphatic carbocycles. The zero-order valence-electron chi connectivity index (χ0n) is 17.5. The molecule has 1 aromatic heterocycles. The van der Waals surface area contributed by atoms with Crippen molar-refractivity contribution < 1.29 is 18.0 Å². The van der Waals surface area contributed by atoms with Crippen LogP contribution in [-0.2, 0) is 19.6 Å². The molecule has 31 heavy (non-hydrogen) atoms. The maximum Gasteiger partial charge on any atom is 0.250 e. The summed E-state index contributed by atoms with van der Waals surface area (Å²) in [5, 5.41) is 1.32. The molecule has 3 atom stereocenters. The highest BCUT2D eigenvalue weighted by Gasteiger charge is 2.37. The van der Waals surface area contributed by atoms with Crippen molar-refractivity contribution >= 4 is 54.9 Å². The first kappa shape index (κ1) is 22.5. The number of carbonyl (C=O) groups excluding carboxylic acids is 2. The summed E-state index contributed by atoms with van der Waals surface area (Å²) in [4.78, 5) is 29.1. The number of benzene rings is 1. The van der Waals surface area contributed by atoms with Crippen molar-refractivity contribution in [2.24, 2.45) is 0 Å². The van der Waals surface area contributed by atoms with E-state index in [0.29, 0.717) is 24.4 Å². The summed E-state index contributed by atoms with van der Waals surface area (Å²) in [6.07, 6.45) is 2.97. The molecule has 4 rings (SSSR count). The fraction of sp³-hybridized carbons (Fsp3) is 0.524. The van der Waals surface area contributed by atoms with Crippen LogP contribution in [0.25, 0.3) is 10.1 Å². The normalized spacial score (nSPS) is 24.9. The van der Waals surface area contributed by atoms with E-state index in [1.807, 2.05) is 18.7 Å². The van der Waals surface area contributed by atoms with Gasteiger partial charge in [-0.05, 0) is 63.1 Å². The van der Waals surface area contributed by atoms with Gasteiger partial charge in [0.2, 0.25) is 11.8 Å². The lowest BCUT2D eigenvalue weighted by atomic mass is 10.1. The van der Waals surface area contributed by atoms with E-state index in [1.165, 1.54) is 4.90 Å². The number of nitrogens with zero attached hydrogens (tertiary/aromatic N) is 2. The van der Waals surface area contributed by atoms with Gasteiger partial charge in [0.05, 0.1) is 6.54 Å². The SMILES string of the molecule is CC1CCC(C)N1C(=O)CN1CCC[C@H](NS(=O)(=O)c2cc3ccc(Cl)cc3s2)C1=O. The molecule has 2 fully saturated rings. The minimum absolute atomic E-state index is 0.00682. The zero-order valence-corrected chi connectivity index (χ0v) is 19.9. The maximum absolute atomic E-state index is 13.0. The second kappa shape index (κ2) is 8.69. The van der Waals surface area contributed by atoms with Crippen molar-refractivity contribution in [3.05, 3.63) is 29.3 Å². The molecule has 0 saturated carbocycles. The van der Waals surface area contributed by atoms with Gasteiger partial charge < -0.3 is 9.80 Å². The number of piperidine rings is 1. The quantitative estimate of drug-likeness (QED) is 0.707. The molecular formula is C21H26ClN3O4S2. The topological polar surface area (TPSA) is 86.8 Å². The van der Waals surface area contributed by atoms with Crippen LogP contribution >= 0.6 is 22.9 Å². The molecule has 2 unspecified atom stereocenters. The average molecular weight is 484 g/mol. The number of amides is 2. The van der Waals surface area contributed by atoms with E-state index in [4.69, 9.17) is 11.6 Å². The average Bonchev–Trinajstić information content (AvgIpc) is 3.28. The third-order valence-electron chi connectivity index (χ3n) is 6.12. The van der Waals surface area contributed by atoms with Gasteiger partial charge in [-0.25, -0.2) is 8.42 Å². The monoisotopic (exact) mass is 483 g/mol. The molecule has 2 aliphatic heterocycles. The van der Waals surface area contributed by atoms with Crippen molar-refractivity contribution in [1.82, 2.24) is 14.5 Å². The predicted molar refractivity (Wildman–Crippen MR) is 122 cm³/mol. The lowest BCUT2D eigenvalue weighted by Gasteiger charge is -2.34. The van der Waals surface area contributed by atoms with Gasteiger partial charge in [-0.3, -0.25) is 9.59 Å². The Kier molecular flexibility index (Phi) is 6.31. The molecule has 3 heterocycles. The Bertz CT molecular complexity index is 1110. The molecule has 2 amide bonds. The van der Waals surface area contributed by atoms with Crippen LogP contribution < -0.4 is 4.72 Å². The second-order valence-corrected chi connectivity index (χ2v) is 11.9. The third kappa shape index (κ3) is 4.60. The number of thiophene rings is 1. The molecule has 1 N–H and O–H groups in total. The predicted octanol–water partition coefficient (Wildman–Crippen LogP) is 3.22. The summed E-state index contributed by atoms with van der Waals surface area (Å²) in [5.41, 5.74) is 0. The fourth-order valence-electron chi connectivity index (χ4n) is 4.50. The smallest absolute Gasteiger partial charge is 0.250 e. The van der Waals surface area contributed by atoms with Crippen molar-refractivity contribution in [3.63, 3.8) is 0 Å². The summed E-state index contributed by atoms with van der Waals surface area (Å²) in [5.74, 6) is -0.414. The molecule has 2 aliphatic rings. The molecule has 7 nitrogen and oxygen atoms in total. The first-order valence-electron chi connectivity index (χ1n) is 10.5. The minimum atomic E-state index is -3.87. The van der Waals surface area contributed by atoms with Crippen LogP contribution in [0.15, 0.2) is 28.5 Å². The van der Waals surface area contributed by atoms with Crippen LogP contribution in [0, 0.1) is 0 Å². The van der Waals surface area contributed by atoms with Crippen LogP contribution in [0.4, 0.5) is 0 Å². The van der Waals surface area contributed by atoms with Gasteiger partial charge in [0.25, 0.3) is 10.0 Å². The zero-order chi connectivity index (χ0) is 22.3. The molecule has 168 valence electrons. The van der Waals surface area contributed by atoms with Crippen LogP contribution in [-0.4, -0.2) is 61.2 Å². The Labute approximate surface area is 191 Å². The molecule has 0 bridgehead atoms. The van der Waals surface area contributed by atoms with Gasteiger partial charge in [-0.1, -0.05) is 17.7 Å². The number of carbonyl (C=O) groups is 2. The maximum atomic E-state index is 13.0. The number of hydrogen-bond acceptors (Lipinski definition) is 5. The van der Waals surface area contributed by atoms with Crippen molar-refractivity contribution in [2.45, 2.75) is 61.9 Å². The highest BCUT2D eigenvalue weighted by Crippen LogP contribution is 2.31. The van der Waals surface area contributed by atoms with Crippen molar-refractivity contribution in [3.8, 4) is 0 Å². The Morgan fingerprint density at radius 1 is 1.19 bits per heavy atom. The van der Waals surface area contributed by atoms with Crippen LogP contribution in [0.2, 0.25) is 5.02 Å². The van der Waals surface area contributed by atoms with Gasteiger partial charge >= 0.3 is 0 Å². The Morgan fingerprint density at radius 3 is 2.61 bits per heavy atom. The number of sulfonamides is 1. The second-order valence-electron chi connectivity index (χ2n) is 8.40. The molecule has 2 saturated heterocycles. The van der Waals surface area contributed by atoms with E-state index in [-0.39, 0.29) is 34.7 Å². The van der Waals surface area contributed by atoms with E-state index < -0.39 is 16.1 Å². The van der Waals surface area contributed by atoms with Crippen LogP contribution in [0.1, 0.15) is 39.5 Å². The largest absolute Gasteiger partial charge is 0.336 e. The van der Waals surface area contributed by atoms with Gasteiger partial charge in [-0.15, -0.1) is 11.3 Å². The summed E-state index contributed by atoms with van der Waals surface area (Å²) in [6.45, 7) is 4.50. The Hall–Kier alpha value is -1.68. The van der Waals surface area contributed by atoms with Gasteiger partial charge in [-0.2, -0.15) is 4.72 Å². The van der Waals surface area contributed by atoms with Crippen molar-refractivity contribution in [1.29, 1.82) is 0 Å². The summed E-state index contributed by atoms with van der Waals surface area (Å²) >= 11 is 7.12. The van der Waals surface area contributed by atoms with Crippen LogP contribution in [0.3, 0.4) is 0 Å². The Morgan fingerprint density at radius 2 is 1.90 bits per heavy atom. The molecule has 0 spiro atoms. The van der Waals surface area contributed by atoms with Gasteiger partial charge in [0, 0.05) is 28.4 Å². The third-order valence-corrected chi connectivity index (χ3v) is 9.40. The standard InChI is InChI=1S/C21H26ClN3O4S2/c1-13-5-6-14(2)25(13)19(26)12-24-9-3-4-17(21(24)27)23-31(28,29)20-10-15-7-8-16(22)11-18(15)30-20/h7-8,10-11,13-14,17,23H,3-6,9,12H2,1-2H3/t13?,14?,17-/m0/s1. The number of nitrogens with one attached hydrogen (secondary N) is 1. The molecule has 0 radical (unpaired) electrons. The van der Waals surface area contributed by atoms with Crippen LogP contribution in [0.5, 0.6) is 0 Å². The van der Waals surface area contributed by atoms with Gasteiger partial charge in [0.15, 0.2) is 0 Å². The fourth-order valence-corrected chi connectivity index (χ4v) is 7.41. The lowest BCUT2D eigenvalue weighted by Crippen LogP contribution is -2.55. The lowest BCUT2D eigenvalue weighted by molar-refractivity contribution is -0.144. The van der Waals surface area contributed by atoms with E-state index >= 15 is 0 Å². The first-order chi connectivity index (χ1) is 14.7. The first-order valence-corrected chi connectivity index (χ1v) is 13.1. The molecule has 2 aromatic rings. The Balaban J connectivity index is 1.46. The molecule has 10 heteroatoms. The van der Waals surface area contributed by atoms with Gasteiger partial charge in [0.1, 0.15) is 10.3 Å². The molecule has 1 aromatic carbocycles. The van der Waals surface area contributed by atoms with E-state index in [0.717, 1.165) is 34.3 Å². The van der Waals surface area contributed by atoms with E-state index in [1.54, 1.807) is 24.3 Å². The number of fused-ring (bicyclic) bond motifs is 1. The highest BCUT2D eigenvalue weighted by atomic mass is 35.5. The summed E-state index contributed by atoms with van der Waals surface area (Å²) in [7, 11) is -3.87. The number of hydrogen-bond donors (Lipinski definition) is 1. The van der Waals surface area contributed by atoms with Crippen molar-refractivity contribution in [2.75, 3.05) is 13.1 Å². The minimum Gasteiger partial charge on any atom is -0.336 e. The molecular weight excluding hydrogens is 458 g/mol. The number of likely N-dealkylation sites (tertiary alicyclic amines) is 2. The summed E-state index contributed by atoms with van der Waals surface area (Å²) < 4.78 is 29.4. The number of rotatable bonds is 5. The van der Waals surface area contributed by atoms with E-state index in [9.17, 15) is 18.0 Å². The van der Waals surface area contributed by atoms with E-state index in [2.05, 4.69) is 4.72 Å².